The number of nitrogens with one attached hydrogen (secondary N) is 2. The van der Waals surface area contributed by atoms with E-state index in [1.807, 2.05) is 24.3 Å². The number of halogens is 2. The van der Waals surface area contributed by atoms with Crippen LogP contribution in [0.3, 0.4) is 0 Å². The van der Waals surface area contributed by atoms with Crippen molar-refractivity contribution in [3.8, 4) is 0 Å². The van der Waals surface area contributed by atoms with Crippen LogP contribution in [0.4, 0.5) is 4.79 Å². The lowest BCUT2D eigenvalue weighted by molar-refractivity contribution is -0.141. The highest BCUT2D eigenvalue weighted by Gasteiger charge is 2.20. The van der Waals surface area contributed by atoms with Crippen molar-refractivity contribution >= 4 is 41.2 Å². The molecule has 0 aromatic heterocycles. The highest BCUT2D eigenvalue weighted by molar-refractivity contribution is 6.30. The Labute approximate surface area is 197 Å². The second-order valence-electron chi connectivity index (χ2n) is 7.15. The Morgan fingerprint density at radius 3 is 1.38 bits per heavy atom. The number of ether oxygens (including phenoxy) is 2. The molecule has 2 aromatic rings. The van der Waals surface area contributed by atoms with Crippen molar-refractivity contribution in [2.45, 2.75) is 24.7 Å². The summed E-state index contributed by atoms with van der Waals surface area (Å²) in [5.41, 5.74) is 1.70. The van der Waals surface area contributed by atoms with E-state index in [2.05, 4.69) is 10.6 Å². The first-order valence-corrected chi connectivity index (χ1v) is 10.7. The van der Waals surface area contributed by atoms with Gasteiger partial charge in [-0.25, -0.2) is 4.79 Å². The molecule has 2 unspecified atom stereocenters. The summed E-state index contributed by atoms with van der Waals surface area (Å²) < 4.78 is 9.54. The minimum absolute atomic E-state index is 0.105. The Hall–Kier alpha value is -2.77. The van der Waals surface area contributed by atoms with Gasteiger partial charge in [0.2, 0.25) is 0 Å². The monoisotopic (exact) mass is 480 g/mol. The SMILES string of the molecule is COC(=O)CC(CNC(=O)NCC(CC(=O)OC)c1ccc(Cl)cc1)c1ccc(Cl)cc1. The van der Waals surface area contributed by atoms with Gasteiger partial charge in [-0.3, -0.25) is 9.59 Å². The molecule has 2 aromatic carbocycles. The fraction of sp³-hybridized carbons (Fsp3) is 0.348. The molecule has 0 radical (unpaired) electrons. The molecule has 2 amide bonds. The van der Waals surface area contributed by atoms with E-state index in [-0.39, 0.29) is 49.7 Å². The van der Waals surface area contributed by atoms with Gasteiger partial charge < -0.3 is 20.1 Å². The third-order valence-electron chi connectivity index (χ3n) is 4.98. The zero-order chi connectivity index (χ0) is 23.5. The Morgan fingerprint density at radius 1 is 0.719 bits per heavy atom. The van der Waals surface area contributed by atoms with Gasteiger partial charge in [0.1, 0.15) is 0 Å². The first-order valence-electron chi connectivity index (χ1n) is 9.98. The lowest BCUT2D eigenvalue weighted by Crippen LogP contribution is -2.40. The maximum Gasteiger partial charge on any atom is 0.314 e. The van der Waals surface area contributed by atoms with Crippen LogP contribution in [0.5, 0.6) is 0 Å². The molecule has 0 fully saturated rings. The molecule has 0 aliphatic rings. The minimum atomic E-state index is -0.419. The molecular formula is C23H26Cl2N2O5. The van der Waals surface area contributed by atoms with E-state index in [0.29, 0.717) is 10.0 Å². The van der Waals surface area contributed by atoms with Crippen LogP contribution in [-0.2, 0) is 19.1 Å². The molecule has 0 saturated heterocycles. The first kappa shape index (κ1) is 25.5. The summed E-state index contributed by atoms with van der Waals surface area (Å²) >= 11 is 11.9. The van der Waals surface area contributed by atoms with Gasteiger partial charge in [0, 0.05) is 35.0 Å². The standard InChI is InChI=1S/C23H26Cl2N2O5/c1-31-21(28)11-17(15-3-7-19(24)8-4-15)13-26-23(30)27-14-18(12-22(29)32-2)16-5-9-20(25)10-6-16/h3-10,17-18H,11-14H2,1-2H3,(H2,26,27,30). The fourth-order valence-corrected chi connectivity index (χ4v) is 3.40. The van der Waals surface area contributed by atoms with Gasteiger partial charge in [-0.2, -0.15) is 0 Å². The van der Waals surface area contributed by atoms with E-state index >= 15 is 0 Å². The normalized spacial score (nSPS) is 12.4. The zero-order valence-electron chi connectivity index (χ0n) is 17.9. The summed E-state index contributed by atoms with van der Waals surface area (Å²) in [5, 5.41) is 6.72. The molecule has 9 heteroatoms. The number of hydrogen-bond donors (Lipinski definition) is 2. The average molecular weight is 481 g/mol. The second kappa shape index (κ2) is 12.9. The maximum atomic E-state index is 12.4. The Bertz CT molecular complexity index is 830. The Balaban J connectivity index is 1.99. The van der Waals surface area contributed by atoms with Gasteiger partial charge in [-0.1, -0.05) is 47.5 Å². The molecule has 32 heavy (non-hydrogen) atoms. The fourth-order valence-electron chi connectivity index (χ4n) is 3.15. The summed E-state index contributed by atoms with van der Waals surface area (Å²) in [6.45, 7) is 0.427. The van der Waals surface area contributed by atoms with E-state index in [9.17, 15) is 14.4 Å². The molecule has 2 N–H and O–H groups in total. The number of carbonyl (C=O) groups excluding carboxylic acids is 3. The second-order valence-corrected chi connectivity index (χ2v) is 8.02. The first-order chi connectivity index (χ1) is 15.3. The van der Waals surface area contributed by atoms with Gasteiger partial charge in [0.25, 0.3) is 0 Å². The van der Waals surface area contributed by atoms with Crippen LogP contribution >= 0.6 is 23.2 Å². The van der Waals surface area contributed by atoms with Crippen molar-refractivity contribution in [3.05, 3.63) is 69.7 Å². The lowest BCUT2D eigenvalue weighted by atomic mass is 9.95. The molecule has 0 bridgehead atoms. The lowest BCUT2D eigenvalue weighted by Gasteiger charge is -2.20. The highest BCUT2D eigenvalue weighted by Crippen LogP contribution is 2.23. The molecular weight excluding hydrogens is 455 g/mol. The number of methoxy groups -OCH3 is 2. The molecule has 0 spiro atoms. The predicted molar refractivity (Wildman–Crippen MR) is 123 cm³/mol. The smallest absolute Gasteiger partial charge is 0.314 e. The van der Waals surface area contributed by atoms with E-state index in [1.54, 1.807) is 24.3 Å². The third kappa shape index (κ3) is 8.40. The van der Waals surface area contributed by atoms with Crippen LogP contribution in [0.15, 0.2) is 48.5 Å². The number of carbonyl (C=O) groups is 3. The number of urea groups is 1. The van der Waals surface area contributed by atoms with Crippen molar-refractivity contribution in [2.75, 3.05) is 27.3 Å². The van der Waals surface area contributed by atoms with Gasteiger partial charge in [-0.05, 0) is 35.4 Å². The molecule has 0 saturated carbocycles. The largest absolute Gasteiger partial charge is 0.469 e. The molecule has 0 aliphatic heterocycles. The molecule has 2 atom stereocenters. The summed E-state index contributed by atoms with van der Waals surface area (Å²) in [6, 6.07) is 13.7. The predicted octanol–water partition coefficient (Wildman–Crippen LogP) is 4.29. The van der Waals surface area contributed by atoms with E-state index < -0.39 is 6.03 Å². The van der Waals surface area contributed by atoms with E-state index in [4.69, 9.17) is 32.7 Å². The molecule has 172 valence electrons. The van der Waals surface area contributed by atoms with Crippen LogP contribution in [0, 0.1) is 0 Å². The van der Waals surface area contributed by atoms with Crippen molar-refractivity contribution in [2.24, 2.45) is 0 Å². The van der Waals surface area contributed by atoms with Gasteiger partial charge in [0.05, 0.1) is 27.1 Å². The van der Waals surface area contributed by atoms with Crippen LogP contribution in [-0.4, -0.2) is 45.3 Å². The summed E-state index contributed by atoms with van der Waals surface area (Å²) in [4.78, 5) is 36.0. The van der Waals surface area contributed by atoms with E-state index in [1.165, 1.54) is 14.2 Å². The number of esters is 2. The van der Waals surface area contributed by atoms with Crippen LogP contribution in [0.1, 0.15) is 35.8 Å². The number of hydrogen-bond acceptors (Lipinski definition) is 5. The number of benzene rings is 2. The molecule has 0 aliphatic carbocycles. The van der Waals surface area contributed by atoms with Crippen LogP contribution < -0.4 is 10.6 Å². The molecule has 0 heterocycles. The van der Waals surface area contributed by atoms with Crippen molar-refractivity contribution in [3.63, 3.8) is 0 Å². The van der Waals surface area contributed by atoms with Crippen molar-refractivity contribution in [1.29, 1.82) is 0 Å². The maximum absolute atomic E-state index is 12.4. The Morgan fingerprint density at radius 2 is 1.06 bits per heavy atom. The minimum Gasteiger partial charge on any atom is -0.469 e. The van der Waals surface area contributed by atoms with E-state index in [0.717, 1.165) is 11.1 Å². The quantitative estimate of drug-likeness (QED) is 0.494. The van der Waals surface area contributed by atoms with Crippen molar-refractivity contribution < 1.29 is 23.9 Å². The van der Waals surface area contributed by atoms with Crippen molar-refractivity contribution in [1.82, 2.24) is 10.6 Å². The third-order valence-corrected chi connectivity index (χ3v) is 5.49. The van der Waals surface area contributed by atoms with Gasteiger partial charge >= 0.3 is 18.0 Å². The zero-order valence-corrected chi connectivity index (χ0v) is 19.4. The van der Waals surface area contributed by atoms with Crippen LogP contribution in [0.25, 0.3) is 0 Å². The number of rotatable bonds is 10. The van der Waals surface area contributed by atoms with Crippen LogP contribution in [0.2, 0.25) is 10.0 Å². The molecule has 2 rings (SSSR count). The summed E-state index contributed by atoms with van der Waals surface area (Å²) in [6.07, 6.45) is 0.211. The summed E-state index contributed by atoms with van der Waals surface area (Å²) in [7, 11) is 2.64. The molecule has 7 nitrogen and oxygen atoms in total. The van der Waals surface area contributed by atoms with Gasteiger partial charge in [0.15, 0.2) is 0 Å². The Kier molecular flexibility index (Phi) is 10.3. The van der Waals surface area contributed by atoms with Gasteiger partial charge in [-0.15, -0.1) is 0 Å². The average Bonchev–Trinajstić information content (AvgIpc) is 2.80. The summed E-state index contributed by atoms with van der Waals surface area (Å²) in [5.74, 6) is -1.33. The number of amides is 2. The topological polar surface area (TPSA) is 93.7 Å². The highest BCUT2D eigenvalue weighted by atomic mass is 35.5.